The van der Waals surface area contributed by atoms with Gasteiger partial charge in [-0.15, -0.1) is 0 Å². The first kappa shape index (κ1) is 21.1. The number of carbonyl (C=O) groups is 4. The summed E-state index contributed by atoms with van der Waals surface area (Å²) in [6.45, 7) is 3.23. The van der Waals surface area contributed by atoms with E-state index in [0.29, 0.717) is 0 Å². The molecular weight excluding hydrogens is 280 g/mol. The van der Waals surface area contributed by atoms with E-state index in [9.17, 15) is 29.4 Å². The molecule has 0 bridgehead atoms. The second kappa shape index (κ2) is 12.9. The van der Waals surface area contributed by atoms with Gasteiger partial charge in [-0.25, -0.2) is 0 Å². The van der Waals surface area contributed by atoms with E-state index in [-0.39, 0.29) is 41.5 Å². The van der Waals surface area contributed by atoms with Crippen molar-refractivity contribution < 1.29 is 46.5 Å². The van der Waals surface area contributed by atoms with E-state index >= 15 is 0 Å². The van der Waals surface area contributed by atoms with Gasteiger partial charge in [0.1, 0.15) is 11.6 Å². The van der Waals surface area contributed by atoms with Crippen LogP contribution in [0.1, 0.15) is 39.5 Å². The molecule has 0 saturated heterocycles. The summed E-state index contributed by atoms with van der Waals surface area (Å²) in [6, 6.07) is 0. The van der Waals surface area contributed by atoms with E-state index in [0.717, 1.165) is 0 Å². The first-order valence-corrected chi connectivity index (χ1v) is 4.76. The van der Waals surface area contributed by atoms with Crippen molar-refractivity contribution in [3.05, 3.63) is 0 Å². The van der Waals surface area contributed by atoms with Gasteiger partial charge in [-0.2, -0.15) is 0 Å². The maximum absolute atomic E-state index is 10.2. The summed E-state index contributed by atoms with van der Waals surface area (Å²) in [5.74, 6) is -3.16. The molecule has 0 aromatic carbocycles. The number of Topliss-reactive ketones (excluding diaryl/α,β-unsaturated/α-hetero) is 2. The summed E-state index contributed by atoms with van der Waals surface area (Å²) in [5, 5.41) is 19.3. The number of carboxylic acids is 2. The zero-order valence-corrected chi connectivity index (χ0v) is 10.5. The first-order valence-electron chi connectivity index (χ1n) is 4.76. The molecule has 0 unspecified atom stereocenters. The smallest absolute Gasteiger partial charge is 0.550 e. The summed E-state index contributed by atoms with van der Waals surface area (Å²) < 4.78 is 0. The number of carbonyl (C=O) groups excluding carboxylic acids is 4. The quantitative estimate of drug-likeness (QED) is 0.422. The largest absolute Gasteiger partial charge is 2.00 e. The number of aliphatic carboxylic acids is 2. The molecule has 0 amide bonds. The van der Waals surface area contributed by atoms with Crippen LogP contribution in [0.15, 0.2) is 0 Å². The molecule has 0 spiro atoms. The van der Waals surface area contributed by atoms with Crippen molar-refractivity contribution >= 4 is 23.5 Å². The normalized spacial score (nSPS) is 8.12. The maximum Gasteiger partial charge on any atom is 2.00 e. The van der Waals surface area contributed by atoms with Crippen molar-refractivity contribution in [2.45, 2.75) is 39.5 Å². The van der Waals surface area contributed by atoms with Crippen molar-refractivity contribution in [2.24, 2.45) is 0 Å². The molecule has 0 aromatic heterocycles. The standard InChI is InChI=1S/2C5H8O3.Cu/c2*1-2-4(6)3-5(7)8;/h2*2-3H2,1H3,(H,7,8);/q;;+2/p-2. The Labute approximate surface area is 110 Å². The van der Waals surface area contributed by atoms with Crippen LogP contribution in [0.2, 0.25) is 0 Å². The van der Waals surface area contributed by atoms with Crippen LogP contribution in [0.3, 0.4) is 0 Å². The third-order valence-corrected chi connectivity index (χ3v) is 1.47. The van der Waals surface area contributed by atoms with Crippen LogP contribution in [0.4, 0.5) is 0 Å². The Kier molecular flexibility index (Phi) is 16.0. The molecule has 0 aliphatic rings. The number of rotatable bonds is 6. The third-order valence-electron chi connectivity index (χ3n) is 1.47. The number of carboxylic acid groups (broad SMARTS) is 2. The van der Waals surface area contributed by atoms with Gasteiger partial charge in [0.25, 0.3) is 0 Å². The van der Waals surface area contributed by atoms with Gasteiger partial charge in [0.2, 0.25) is 0 Å². The fourth-order valence-electron chi connectivity index (χ4n) is 0.572. The Morgan fingerprint density at radius 1 is 0.765 bits per heavy atom. The topological polar surface area (TPSA) is 114 Å². The van der Waals surface area contributed by atoms with Gasteiger partial charge in [0.05, 0.1) is 0 Å². The second-order valence-corrected chi connectivity index (χ2v) is 2.88. The zero-order chi connectivity index (χ0) is 13.1. The molecule has 0 fully saturated rings. The average molecular weight is 294 g/mol. The molecule has 0 atom stereocenters. The van der Waals surface area contributed by atoms with Crippen molar-refractivity contribution in [2.75, 3.05) is 0 Å². The summed E-state index contributed by atoms with van der Waals surface area (Å²) in [6.07, 6.45) is -0.352. The molecule has 0 aromatic rings. The molecule has 1 radical (unpaired) electrons. The monoisotopic (exact) mass is 293 g/mol. The Balaban J connectivity index is -0.000000218. The van der Waals surface area contributed by atoms with Gasteiger partial charge in [0.15, 0.2) is 0 Å². The van der Waals surface area contributed by atoms with E-state index in [1.165, 1.54) is 0 Å². The fraction of sp³-hybridized carbons (Fsp3) is 0.600. The van der Waals surface area contributed by atoms with Crippen LogP contribution >= 0.6 is 0 Å². The van der Waals surface area contributed by atoms with E-state index in [1.54, 1.807) is 13.8 Å². The molecule has 17 heavy (non-hydrogen) atoms. The van der Waals surface area contributed by atoms with Gasteiger partial charge in [0, 0.05) is 37.6 Å². The molecule has 101 valence electrons. The van der Waals surface area contributed by atoms with Gasteiger partial charge in [-0.3, -0.25) is 9.59 Å². The molecule has 0 saturated carbocycles. The third kappa shape index (κ3) is 20.8. The zero-order valence-electron chi connectivity index (χ0n) is 9.58. The van der Waals surface area contributed by atoms with E-state index in [1.807, 2.05) is 0 Å². The van der Waals surface area contributed by atoms with Crippen molar-refractivity contribution in [1.29, 1.82) is 0 Å². The molecule has 7 heteroatoms. The molecule has 0 N–H and O–H groups in total. The van der Waals surface area contributed by atoms with Gasteiger partial charge in [-0.05, 0) is 0 Å². The summed E-state index contributed by atoms with van der Waals surface area (Å²) in [7, 11) is 0. The minimum absolute atomic E-state index is 0. The SMILES string of the molecule is CCC(=O)CC(=O)[O-].CCC(=O)CC(=O)[O-].[Cu+2]. The predicted molar refractivity (Wildman–Crippen MR) is 49.8 cm³/mol. The van der Waals surface area contributed by atoms with Crippen molar-refractivity contribution in [1.82, 2.24) is 0 Å². The summed E-state index contributed by atoms with van der Waals surface area (Å²) in [4.78, 5) is 39.7. The van der Waals surface area contributed by atoms with Crippen LogP contribution in [-0.4, -0.2) is 23.5 Å². The maximum atomic E-state index is 10.2. The minimum Gasteiger partial charge on any atom is -0.550 e. The van der Waals surface area contributed by atoms with Crippen molar-refractivity contribution in [3.8, 4) is 0 Å². The fourth-order valence-corrected chi connectivity index (χ4v) is 0.572. The van der Waals surface area contributed by atoms with Gasteiger partial charge < -0.3 is 19.8 Å². The Morgan fingerprint density at radius 2 is 1.00 bits per heavy atom. The Hall–Kier alpha value is -1.20. The van der Waals surface area contributed by atoms with E-state index in [4.69, 9.17) is 0 Å². The van der Waals surface area contributed by atoms with E-state index < -0.39 is 24.8 Å². The molecule has 6 nitrogen and oxygen atoms in total. The average Bonchev–Trinajstić information content (AvgIpc) is 2.16. The minimum atomic E-state index is -1.29. The van der Waals surface area contributed by atoms with Crippen LogP contribution < -0.4 is 10.2 Å². The molecule has 0 aliphatic carbocycles. The first-order chi connectivity index (χ1) is 7.33. The van der Waals surface area contributed by atoms with Crippen LogP contribution in [0, 0.1) is 0 Å². The summed E-state index contributed by atoms with van der Waals surface area (Å²) in [5.41, 5.74) is 0. The predicted octanol–water partition coefficient (Wildman–Crippen LogP) is -1.79. The molecular formula is C10H14CuO6. The van der Waals surface area contributed by atoms with Crippen LogP contribution in [0.25, 0.3) is 0 Å². The van der Waals surface area contributed by atoms with Crippen LogP contribution in [0.5, 0.6) is 0 Å². The van der Waals surface area contributed by atoms with E-state index in [2.05, 4.69) is 0 Å². The van der Waals surface area contributed by atoms with Crippen LogP contribution in [-0.2, 0) is 36.2 Å². The van der Waals surface area contributed by atoms with Gasteiger partial charge >= 0.3 is 17.1 Å². The Bertz CT molecular complexity index is 246. The molecule has 0 heterocycles. The molecule has 0 aliphatic heterocycles. The molecule has 0 rings (SSSR count). The number of ketones is 2. The number of hydrogen-bond donors (Lipinski definition) is 0. The van der Waals surface area contributed by atoms with Gasteiger partial charge in [-0.1, -0.05) is 13.8 Å². The van der Waals surface area contributed by atoms with Crippen molar-refractivity contribution in [3.63, 3.8) is 0 Å². The number of hydrogen-bond acceptors (Lipinski definition) is 6. The summed E-state index contributed by atoms with van der Waals surface area (Å²) >= 11 is 0. The second-order valence-electron chi connectivity index (χ2n) is 2.88. The Morgan fingerprint density at radius 3 is 1.06 bits per heavy atom.